The normalized spacial score (nSPS) is 12.0. The summed E-state index contributed by atoms with van der Waals surface area (Å²) in [6, 6.07) is 6.25. The molecule has 0 spiro atoms. The highest BCUT2D eigenvalue weighted by molar-refractivity contribution is 7.89. The van der Waals surface area contributed by atoms with Gasteiger partial charge in [0.2, 0.25) is 10.0 Å². The van der Waals surface area contributed by atoms with E-state index in [4.69, 9.17) is 0 Å². The van der Waals surface area contributed by atoms with Crippen LogP contribution in [-0.2, 0) is 10.0 Å². The van der Waals surface area contributed by atoms with E-state index in [-0.39, 0.29) is 16.5 Å². The van der Waals surface area contributed by atoms with Crippen LogP contribution < -0.4 is 5.32 Å². The number of hydrogen-bond donors (Lipinski definition) is 1. The number of benzene rings is 1. The summed E-state index contributed by atoms with van der Waals surface area (Å²) < 4.78 is 28.3. The molecule has 0 aliphatic carbocycles. The van der Waals surface area contributed by atoms with Crippen molar-refractivity contribution in [1.82, 2.24) is 13.7 Å². The molecule has 0 atom stereocenters. The number of nitrogens with zero attached hydrogens (tertiary/aromatic N) is 3. The number of carbonyl (C=O) groups excluding carboxylic acids is 1. The van der Waals surface area contributed by atoms with Crippen molar-refractivity contribution in [1.29, 1.82) is 0 Å². The van der Waals surface area contributed by atoms with Crippen molar-refractivity contribution in [3.8, 4) is 0 Å². The van der Waals surface area contributed by atoms with Gasteiger partial charge in [-0.1, -0.05) is 19.9 Å². The number of rotatable bonds is 6. The molecule has 0 saturated carbocycles. The van der Waals surface area contributed by atoms with Crippen LogP contribution in [0, 0.1) is 0 Å². The largest absolute Gasteiger partial charge is 0.321 e. The molecule has 2 heterocycles. The van der Waals surface area contributed by atoms with Crippen LogP contribution in [0.5, 0.6) is 0 Å². The van der Waals surface area contributed by atoms with Crippen molar-refractivity contribution < 1.29 is 13.2 Å². The lowest BCUT2D eigenvalue weighted by Crippen LogP contribution is -2.30. The van der Waals surface area contributed by atoms with Crippen molar-refractivity contribution in [3.63, 3.8) is 0 Å². The lowest BCUT2D eigenvalue weighted by Gasteiger charge is -2.18. The maximum absolute atomic E-state index is 12.6. The highest BCUT2D eigenvalue weighted by atomic mass is 32.2. The molecule has 1 N–H and O–H groups in total. The van der Waals surface area contributed by atoms with E-state index in [9.17, 15) is 13.2 Å². The van der Waals surface area contributed by atoms with Crippen LogP contribution in [0.1, 0.15) is 24.3 Å². The molecule has 0 radical (unpaired) electrons. The number of thiazole rings is 1. The molecule has 0 saturated heterocycles. The fourth-order valence-electron chi connectivity index (χ4n) is 2.48. The number of amides is 1. The third-order valence-electron chi connectivity index (χ3n) is 3.76. The van der Waals surface area contributed by atoms with Gasteiger partial charge in [-0.3, -0.25) is 9.20 Å². The molecule has 0 fully saturated rings. The fourth-order valence-corrected chi connectivity index (χ4v) is 4.68. The molecule has 0 aliphatic rings. The van der Waals surface area contributed by atoms with Gasteiger partial charge < -0.3 is 5.32 Å². The maximum Gasteiger partial charge on any atom is 0.275 e. The predicted octanol–water partition coefficient (Wildman–Crippen LogP) is 2.68. The number of imidazole rings is 1. The summed E-state index contributed by atoms with van der Waals surface area (Å²) >= 11 is 1.43. The minimum Gasteiger partial charge on any atom is -0.321 e. The first kappa shape index (κ1) is 17.6. The summed E-state index contributed by atoms with van der Waals surface area (Å²) in [7, 11) is -3.57. The van der Waals surface area contributed by atoms with E-state index < -0.39 is 10.0 Å². The quantitative estimate of drug-likeness (QED) is 0.715. The third kappa shape index (κ3) is 3.44. The lowest BCUT2D eigenvalue weighted by atomic mass is 10.3. The first-order valence-corrected chi connectivity index (χ1v) is 10.1. The van der Waals surface area contributed by atoms with E-state index in [1.165, 1.54) is 27.8 Å². The molecular formula is C16H18N4O3S2. The molecule has 1 amide bonds. The van der Waals surface area contributed by atoms with Crippen LogP contribution in [0.25, 0.3) is 4.96 Å². The van der Waals surface area contributed by atoms with E-state index in [0.717, 1.165) is 4.96 Å². The molecule has 2 aromatic heterocycles. The zero-order valence-electron chi connectivity index (χ0n) is 13.8. The number of aromatic nitrogens is 2. The number of carbonyl (C=O) groups is 1. The predicted molar refractivity (Wildman–Crippen MR) is 97.6 cm³/mol. The number of hydrogen-bond acceptors (Lipinski definition) is 5. The smallest absolute Gasteiger partial charge is 0.275 e. The minimum atomic E-state index is -3.57. The molecule has 0 unspecified atom stereocenters. The Bertz CT molecular complexity index is 975. The van der Waals surface area contributed by atoms with Gasteiger partial charge in [0.15, 0.2) is 4.96 Å². The molecule has 3 aromatic rings. The van der Waals surface area contributed by atoms with Crippen LogP contribution in [0.4, 0.5) is 5.69 Å². The maximum atomic E-state index is 12.6. The van der Waals surface area contributed by atoms with Crippen molar-refractivity contribution in [3.05, 3.63) is 47.7 Å². The average Bonchev–Trinajstić information content (AvgIpc) is 3.17. The summed E-state index contributed by atoms with van der Waals surface area (Å²) in [5.41, 5.74) is 0.693. The molecule has 132 valence electrons. The Balaban J connectivity index is 1.84. The molecular weight excluding hydrogens is 360 g/mol. The monoisotopic (exact) mass is 378 g/mol. The average molecular weight is 378 g/mol. The highest BCUT2D eigenvalue weighted by Gasteiger charge is 2.22. The molecule has 0 aliphatic heterocycles. The highest BCUT2D eigenvalue weighted by Crippen LogP contribution is 2.20. The number of sulfonamides is 1. The minimum absolute atomic E-state index is 0.153. The Kier molecular flexibility index (Phi) is 4.89. The molecule has 1 aromatic carbocycles. The van der Waals surface area contributed by atoms with Gasteiger partial charge in [-0.25, -0.2) is 13.4 Å². The van der Waals surface area contributed by atoms with Crippen molar-refractivity contribution >= 4 is 37.9 Å². The lowest BCUT2D eigenvalue weighted by molar-refractivity contribution is 0.102. The Morgan fingerprint density at radius 2 is 2.08 bits per heavy atom. The standard InChI is InChI=1S/C16H18N4O3S2/c1-3-20(4-2)25(22,23)13-7-5-6-12(10-13)17-15(21)14-11-19-8-9-24-16(19)18-14/h5-11H,3-4H2,1-2H3,(H,17,21). The SMILES string of the molecule is CCN(CC)S(=O)(=O)c1cccc(NC(=O)c2cn3ccsc3n2)c1. The first-order valence-electron chi connectivity index (χ1n) is 7.79. The molecule has 9 heteroatoms. The third-order valence-corrected chi connectivity index (χ3v) is 6.58. The van der Waals surface area contributed by atoms with Gasteiger partial charge in [-0.2, -0.15) is 4.31 Å². The van der Waals surface area contributed by atoms with Crippen molar-refractivity contribution in [2.45, 2.75) is 18.7 Å². The van der Waals surface area contributed by atoms with Crippen LogP contribution in [0.15, 0.2) is 46.9 Å². The van der Waals surface area contributed by atoms with Gasteiger partial charge in [0, 0.05) is 36.6 Å². The zero-order valence-corrected chi connectivity index (χ0v) is 15.5. The second kappa shape index (κ2) is 6.95. The second-order valence-electron chi connectivity index (χ2n) is 5.29. The van der Waals surface area contributed by atoms with E-state index >= 15 is 0 Å². The van der Waals surface area contributed by atoms with E-state index in [1.54, 1.807) is 36.6 Å². The zero-order chi connectivity index (χ0) is 18.0. The van der Waals surface area contributed by atoms with E-state index in [1.807, 2.05) is 11.6 Å². The summed E-state index contributed by atoms with van der Waals surface area (Å²) in [6.07, 6.45) is 3.46. The molecule has 0 bridgehead atoms. The number of fused-ring (bicyclic) bond motifs is 1. The van der Waals surface area contributed by atoms with Gasteiger partial charge >= 0.3 is 0 Å². The van der Waals surface area contributed by atoms with Gasteiger partial charge in [-0.05, 0) is 18.2 Å². The van der Waals surface area contributed by atoms with Crippen LogP contribution in [0.3, 0.4) is 0 Å². The summed E-state index contributed by atoms with van der Waals surface area (Å²) in [5, 5.41) is 4.58. The number of anilines is 1. The van der Waals surface area contributed by atoms with Gasteiger partial charge in [-0.15, -0.1) is 11.3 Å². The fraction of sp³-hybridized carbons (Fsp3) is 0.250. The second-order valence-corrected chi connectivity index (χ2v) is 8.10. The Morgan fingerprint density at radius 3 is 2.76 bits per heavy atom. The van der Waals surface area contributed by atoms with Gasteiger partial charge in [0.25, 0.3) is 5.91 Å². The summed E-state index contributed by atoms with van der Waals surface area (Å²) in [6.45, 7) is 4.36. The summed E-state index contributed by atoms with van der Waals surface area (Å²) in [5.74, 6) is -0.381. The van der Waals surface area contributed by atoms with Crippen LogP contribution in [0.2, 0.25) is 0 Å². The Labute approximate surface area is 150 Å². The summed E-state index contributed by atoms with van der Waals surface area (Å²) in [4.78, 5) is 17.5. The molecule has 7 nitrogen and oxygen atoms in total. The molecule has 3 rings (SSSR count). The van der Waals surface area contributed by atoms with Gasteiger partial charge in [0.1, 0.15) is 5.69 Å². The topological polar surface area (TPSA) is 83.8 Å². The van der Waals surface area contributed by atoms with Crippen LogP contribution in [-0.4, -0.2) is 41.1 Å². The Morgan fingerprint density at radius 1 is 1.32 bits per heavy atom. The first-order chi connectivity index (χ1) is 12.0. The van der Waals surface area contributed by atoms with E-state index in [2.05, 4.69) is 10.3 Å². The van der Waals surface area contributed by atoms with E-state index in [0.29, 0.717) is 18.8 Å². The molecule has 25 heavy (non-hydrogen) atoms. The van der Waals surface area contributed by atoms with Gasteiger partial charge in [0.05, 0.1) is 4.90 Å². The number of nitrogens with one attached hydrogen (secondary N) is 1. The van der Waals surface area contributed by atoms with Crippen LogP contribution >= 0.6 is 11.3 Å². The van der Waals surface area contributed by atoms with Crippen molar-refractivity contribution in [2.24, 2.45) is 0 Å². The Hall–Kier alpha value is -2.23. The van der Waals surface area contributed by atoms with Crippen molar-refractivity contribution in [2.75, 3.05) is 18.4 Å².